The van der Waals surface area contributed by atoms with E-state index in [1.54, 1.807) is 12.1 Å². The van der Waals surface area contributed by atoms with Gasteiger partial charge in [0, 0.05) is 11.9 Å². The average Bonchev–Trinajstić information content (AvgIpc) is 2.68. The average molecular weight is 355 g/mol. The van der Waals surface area contributed by atoms with E-state index in [0.717, 1.165) is 10.9 Å². The lowest BCUT2D eigenvalue weighted by Crippen LogP contribution is -2.48. The van der Waals surface area contributed by atoms with Crippen LogP contribution in [0.3, 0.4) is 0 Å². The van der Waals surface area contributed by atoms with Crippen molar-refractivity contribution in [3.8, 4) is 0 Å². The van der Waals surface area contributed by atoms with Gasteiger partial charge in [-0.1, -0.05) is 42.5 Å². The molecule has 4 nitrogen and oxygen atoms in total. The number of benzene rings is 2. The van der Waals surface area contributed by atoms with Gasteiger partial charge in [-0.2, -0.15) is 0 Å². The summed E-state index contributed by atoms with van der Waals surface area (Å²) in [5, 5.41) is 0.772. The maximum absolute atomic E-state index is 13.3. The Morgan fingerprint density at radius 1 is 1.04 bits per heavy atom. The zero-order valence-electron chi connectivity index (χ0n) is 14.4. The highest BCUT2D eigenvalue weighted by molar-refractivity contribution is 5.89. The van der Waals surface area contributed by atoms with E-state index in [1.165, 1.54) is 0 Å². The lowest BCUT2D eigenvalue weighted by Gasteiger charge is -2.41. The van der Waals surface area contributed by atoms with Crippen molar-refractivity contribution < 1.29 is 13.5 Å². The van der Waals surface area contributed by atoms with E-state index in [4.69, 9.17) is 4.74 Å². The summed E-state index contributed by atoms with van der Waals surface area (Å²) in [7, 11) is 0. The standard InChI is InChI=1S/C20H19F2N3O/c1-20(14-7-3-2-4-8-14)13-25(11-12-26-20)19-15-9-5-6-10-16(15)23-18(24-19)17(21)22/h2-10,17H,11-13H2,1H3. The predicted octanol–water partition coefficient (Wildman–Crippen LogP) is 4.32. The molecule has 1 aliphatic rings. The zero-order valence-corrected chi connectivity index (χ0v) is 14.4. The molecular weight excluding hydrogens is 336 g/mol. The summed E-state index contributed by atoms with van der Waals surface area (Å²) >= 11 is 0. The van der Waals surface area contributed by atoms with E-state index in [0.29, 0.717) is 31.0 Å². The molecule has 26 heavy (non-hydrogen) atoms. The Kier molecular flexibility index (Phi) is 4.28. The van der Waals surface area contributed by atoms with Gasteiger partial charge in [-0.15, -0.1) is 0 Å². The lowest BCUT2D eigenvalue weighted by molar-refractivity contribution is -0.0467. The summed E-state index contributed by atoms with van der Waals surface area (Å²) in [6, 6.07) is 17.2. The summed E-state index contributed by atoms with van der Waals surface area (Å²) in [5.74, 6) is 0.1000. The van der Waals surface area contributed by atoms with Gasteiger partial charge in [0.1, 0.15) is 11.4 Å². The topological polar surface area (TPSA) is 38.2 Å². The van der Waals surface area contributed by atoms with Crippen LogP contribution in [0, 0.1) is 0 Å². The minimum Gasteiger partial charge on any atom is -0.367 e. The molecule has 4 rings (SSSR count). The molecule has 6 heteroatoms. The van der Waals surface area contributed by atoms with Crippen molar-refractivity contribution >= 4 is 16.7 Å². The normalized spacial score (nSPS) is 20.7. The highest BCUT2D eigenvalue weighted by atomic mass is 19.3. The molecule has 1 aromatic heterocycles. The first-order valence-corrected chi connectivity index (χ1v) is 8.56. The predicted molar refractivity (Wildman–Crippen MR) is 96.5 cm³/mol. The highest BCUT2D eigenvalue weighted by Gasteiger charge is 2.35. The molecule has 1 aliphatic heterocycles. The quantitative estimate of drug-likeness (QED) is 0.701. The first-order chi connectivity index (χ1) is 12.6. The Hall–Kier alpha value is -2.60. The molecule has 0 saturated carbocycles. The van der Waals surface area contributed by atoms with Gasteiger partial charge in [0.05, 0.1) is 18.7 Å². The Bertz CT molecular complexity index is 919. The van der Waals surface area contributed by atoms with E-state index in [-0.39, 0.29) is 0 Å². The fraction of sp³-hybridized carbons (Fsp3) is 0.300. The van der Waals surface area contributed by atoms with E-state index >= 15 is 0 Å². The minimum absolute atomic E-state index is 0.438. The maximum Gasteiger partial charge on any atom is 0.297 e. The number of ether oxygens (including phenoxy) is 1. The molecule has 2 heterocycles. The monoisotopic (exact) mass is 355 g/mol. The number of anilines is 1. The van der Waals surface area contributed by atoms with Crippen LogP contribution in [0.4, 0.5) is 14.6 Å². The third-order valence-electron chi connectivity index (χ3n) is 4.75. The third kappa shape index (κ3) is 3.01. The van der Waals surface area contributed by atoms with Crippen molar-refractivity contribution in [1.82, 2.24) is 9.97 Å². The molecule has 0 amide bonds. The number of halogens is 2. The molecule has 0 N–H and O–H groups in total. The molecule has 0 bridgehead atoms. The Morgan fingerprint density at radius 3 is 2.54 bits per heavy atom. The van der Waals surface area contributed by atoms with Gasteiger partial charge < -0.3 is 9.64 Å². The molecule has 0 aliphatic carbocycles. The number of fused-ring (bicyclic) bond motifs is 1. The van der Waals surface area contributed by atoms with Gasteiger partial charge in [-0.3, -0.25) is 0 Å². The molecule has 2 aromatic carbocycles. The summed E-state index contributed by atoms with van der Waals surface area (Å²) < 4.78 is 32.6. The number of para-hydroxylation sites is 1. The zero-order chi connectivity index (χ0) is 18.1. The number of nitrogens with zero attached hydrogens (tertiary/aromatic N) is 3. The molecule has 3 aromatic rings. The van der Waals surface area contributed by atoms with Crippen LogP contribution in [0.15, 0.2) is 54.6 Å². The van der Waals surface area contributed by atoms with Crippen LogP contribution in [0.1, 0.15) is 24.7 Å². The second-order valence-corrected chi connectivity index (χ2v) is 6.59. The first kappa shape index (κ1) is 16.8. The van der Waals surface area contributed by atoms with E-state index in [1.807, 2.05) is 54.3 Å². The number of morpholine rings is 1. The number of alkyl halides is 2. The summed E-state index contributed by atoms with van der Waals surface area (Å²) in [5.41, 5.74) is 1.05. The fourth-order valence-corrected chi connectivity index (χ4v) is 3.43. The molecule has 1 saturated heterocycles. The van der Waals surface area contributed by atoms with E-state index in [9.17, 15) is 8.78 Å². The maximum atomic E-state index is 13.3. The van der Waals surface area contributed by atoms with Crippen molar-refractivity contribution in [1.29, 1.82) is 0 Å². The SMILES string of the molecule is CC1(c2ccccc2)CN(c2nc(C(F)F)nc3ccccc23)CCO1. The van der Waals surface area contributed by atoms with Crippen LogP contribution in [0.2, 0.25) is 0 Å². The van der Waals surface area contributed by atoms with Crippen molar-refractivity contribution in [3.63, 3.8) is 0 Å². The van der Waals surface area contributed by atoms with Crippen LogP contribution >= 0.6 is 0 Å². The number of hydrogen-bond donors (Lipinski definition) is 0. The van der Waals surface area contributed by atoms with E-state index < -0.39 is 17.9 Å². The largest absolute Gasteiger partial charge is 0.367 e. The van der Waals surface area contributed by atoms with Crippen LogP contribution < -0.4 is 4.90 Å². The van der Waals surface area contributed by atoms with Gasteiger partial charge >= 0.3 is 0 Å². The molecular formula is C20H19F2N3O. The van der Waals surface area contributed by atoms with Gasteiger partial charge in [0.25, 0.3) is 6.43 Å². The van der Waals surface area contributed by atoms with Crippen LogP contribution in [-0.4, -0.2) is 29.7 Å². The van der Waals surface area contributed by atoms with Gasteiger partial charge in [-0.25, -0.2) is 18.7 Å². The second kappa shape index (κ2) is 6.61. The number of rotatable bonds is 3. The molecule has 0 radical (unpaired) electrons. The second-order valence-electron chi connectivity index (χ2n) is 6.59. The summed E-state index contributed by atoms with van der Waals surface area (Å²) in [4.78, 5) is 10.2. The molecule has 1 fully saturated rings. The highest BCUT2D eigenvalue weighted by Crippen LogP contribution is 2.34. The lowest BCUT2D eigenvalue weighted by atomic mass is 9.93. The van der Waals surface area contributed by atoms with Crippen molar-refractivity contribution in [2.75, 3.05) is 24.6 Å². The molecule has 1 atom stereocenters. The summed E-state index contributed by atoms with van der Waals surface area (Å²) in [6.45, 7) is 3.63. The summed E-state index contributed by atoms with van der Waals surface area (Å²) in [6.07, 6.45) is -2.71. The van der Waals surface area contributed by atoms with Crippen molar-refractivity contribution in [2.45, 2.75) is 19.0 Å². The fourth-order valence-electron chi connectivity index (χ4n) is 3.43. The van der Waals surface area contributed by atoms with Gasteiger partial charge in [-0.05, 0) is 24.6 Å². The van der Waals surface area contributed by atoms with Crippen LogP contribution in [-0.2, 0) is 10.3 Å². The van der Waals surface area contributed by atoms with Crippen molar-refractivity contribution in [2.24, 2.45) is 0 Å². The number of aromatic nitrogens is 2. The minimum atomic E-state index is -2.71. The molecule has 134 valence electrons. The van der Waals surface area contributed by atoms with Gasteiger partial charge in [0.15, 0.2) is 5.82 Å². The van der Waals surface area contributed by atoms with Crippen LogP contribution in [0.5, 0.6) is 0 Å². The molecule has 0 spiro atoms. The first-order valence-electron chi connectivity index (χ1n) is 8.56. The Labute approximate surface area is 150 Å². The Balaban J connectivity index is 1.77. The number of hydrogen-bond acceptors (Lipinski definition) is 4. The van der Waals surface area contributed by atoms with Crippen LogP contribution in [0.25, 0.3) is 10.9 Å². The Morgan fingerprint density at radius 2 is 1.77 bits per heavy atom. The third-order valence-corrected chi connectivity index (χ3v) is 4.75. The van der Waals surface area contributed by atoms with E-state index in [2.05, 4.69) is 9.97 Å². The smallest absolute Gasteiger partial charge is 0.297 e. The van der Waals surface area contributed by atoms with Gasteiger partial charge in [0.2, 0.25) is 0 Å². The van der Waals surface area contributed by atoms with Crippen molar-refractivity contribution in [3.05, 3.63) is 66.0 Å². The molecule has 1 unspecified atom stereocenters.